The summed E-state index contributed by atoms with van der Waals surface area (Å²) in [4.78, 5) is 17.7. The average molecular weight is 422 g/mol. The van der Waals surface area contributed by atoms with Crippen molar-refractivity contribution in [3.63, 3.8) is 0 Å². The molecule has 2 aromatic rings. The van der Waals surface area contributed by atoms with Crippen molar-refractivity contribution in [1.29, 1.82) is 0 Å². The Labute approximate surface area is 176 Å². The summed E-state index contributed by atoms with van der Waals surface area (Å²) in [5, 5.41) is 8.62. The van der Waals surface area contributed by atoms with E-state index in [0.717, 1.165) is 23.8 Å². The highest BCUT2D eigenvalue weighted by atomic mass is 32.2. The van der Waals surface area contributed by atoms with Crippen molar-refractivity contribution in [2.24, 2.45) is 0 Å². The molecule has 0 amide bonds. The predicted octanol–water partition coefficient (Wildman–Crippen LogP) is 6.54. The van der Waals surface area contributed by atoms with Crippen molar-refractivity contribution in [1.82, 2.24) is 4.98 Å². The molecule has 3 rings (SSSR count). The number of rotatable bonds is 8. The first-order valence-corrected chi connectivity index (χ1v) is 12.1. The molecule has 2 aromatic heterocycles. The van der Waals surface area contributed by atoms with Crippen molar-refractivity contribution in [3.8, 4) is 0 Å². The summed E-state index contributed by atoms with van der Waals surface area (Å²) in [6, 6.07) is 4.25. The van der Waals surface area contributed by atoms with Crippen molar-refractivity contribution in [2.45, 2.75) is 65.2 Å². The number of hydrogen-bond donors (Lipinski definition) is 1. The third kappa shape index (κ3) is 7.13. The zero-order valence-electron chi connectivity index (χ0n) is 17.1. The molecule has 0 bridgehead atoms. The van der Waals surface area contributed by atoms with Gasteiger partial charge in [0.15, 0.2) is 5.89 Å². The lowest BCUT2D eigenvalue weighted by Crippen LogP contribution is -2.04. The molecule has 4 nitrogen and oxygen atoms in total. The Morgan fingerprint density at radius 2 is 2.07 bits per heavy atom. The molecule has 6 heteroatoms. The van der Waals surface area contributed by atoms with Crippen LogP contribution in [0.1, 0.15) is 79.0 Å². The highest BCUT2D eigenvalue weighted by Gasteiger charge is 2.22. The highest BCUT2D eigenvalue weighted by Crippen LogP contribution is 2.33. The molecule has 1 N–H and O–H groups in total. The summed E-state index contributed by atoms with van der Waals surface area (Å²) in [7, 11) is 0. The molecule has 0 saturated heterocycles. The standard InChI is InChI=1S/C20H25NO3S2.C2H6/c1-14-18(21-20(24-14)15-6-3-2-4-7-15)12-17-10-9-16(26-17)8-5-11-25-13-19(22)23;1-2/h5,8-10,15H,2-4,6-7,11-13H2,1H3,(H,22,23);1-2H3/b8-5+;. The molecule has 1 saturated carbocycles. The van der Waals surface area contributed by atoms with Crippen LogP contribution >= 0.6 is 23.1 Å². The molecule has 0 spiro atoms. The lowest BCUT2D eigenvalue weighted by atomic mass is 9.89. The maximum absolute atomic E-state index is 10.5. The van der Waals surface area contributed by atoms with Crippen molar-refractivity contribution >= 4 is 35.1 Å². The van der Waals surface area contributed by atoms with E-state index in [9.17, 15) is 4.79 Å². The first kappa shape index (κ1) is 22.8. The van der Waals surface area contributed by atoms with E-state index in [2.05, 4.69) is 18.2 Å². The Kier molecular flexibility index (Phi) is 9.85. The number of oxazole rings is 1. The van der Waals surface area contributed by atoms with Gasteiger partial charge >= 0.3 is 5.97 Å². The van der Waals surface area contributed by atoms with Gasteiger partial charge in [0, 0.05) is 27.8 Å². The Morgan fingerprint density at radius 3 is 2.79 bits per heavy atom. The minimum Gasteiger partial charge on any atom is -0.481 e. The normalized spacial score (nSPS) is 14.8. The second kappa shape index (κ2) is 12.1. The smallest absolute Gasteiger partial charge is 0.313 e. The number of carbonyl (C=O) groups is 1. The second-order valence-corrected chi connectivity index (χ2v) is 8.91. The van der Waals surface area contributed by atoms with Crippen molar-refractivity contribution in [2.75, 3.05) is 11.5 Å². The summed E-state index contributed by atoms with van der Waals surface area (Å²) in [5.41, 5.74) is 1.06. The fourth-order valence-corrected chi connectivity index (χ4v) is 4.73. The minimum absolute atomic E-state index is 0.148. The van der Waals surface area contributed by atoms with Gasteiger partial charge in [0.2, 0.25) is 0 Å². The summed E-state index contributed by atoms with van der Waals surface area (Å²) in [6.45, 7) is 6.02. The van der Waals surface area contributed by atoms with E-state index in [1.165, 1.54) is 53.6 Å². The largest absolute Gasteiger partial charge is 0.481 e. The zero-order chi connectivity index (χ0) is 20.4. The third-order valence-corrected chi connectivity index (χ3v) is 6.54. The van der Waals surface area contributed by atoms with Gasteiger partial charge in [0.05, 0.1) is 11.4 Å². The van der Waals surface area contributed by atoms with Crippen LogP contribution in [0.2, 0.25) is 0 Å². The Bertz CT molecular complexity index is 758. The fraction of sp³-hybridized carbons (Fsp3) is 0.545. The zero-order valence-corrected chi connectivity index (χ0v) is 18.7. The molecule has 0 aliphatic heterocycles. The van der Waals surface area contributed by atoms with Gasteiger partial charge in [-0.3, -0.25) is 4.79 Å². The van der Waals surface area contributed by atoms with Crippen molar-refractivity contribution in [3.05, 3.63) is 45.3 Å². The number of hydrogen-bond acceptors (Lipinski definition) is 5. The fourth-order valence-electron chi connectivity index (χ4n) is 3.26. The van der Waals surface area contributed by atoms with E-state index in [1.807, 2.05) is 26.8 Å². The average Bonchev–Trinajstić information content (AvgIpc) is 3.30. The predicted molar refractivity (Wildman–Crippen MR) is 120 cm³/mol. The van der Waals surface area contributed by atoms with Crippen LogP contribution in [-0.2, 0) is 11.2 Å². The second-order valence-electron chi connectivity index (χ2n) is 6.68. The molecule has 1 aliphatic rings. The van der Waals surface area contributed by atoms with Gasteiger partial charge in [-0.15, -0.1) is 23.1 Å². The third-order valence-electron chi connectivity index (χ3n) is 4.61. The van der Waals surface area contributed by atoms with Crippen LogP contribution in [0.4, 0.5) is 0 Å². The molecule has 2 heterocycles. The van der Waals surface area contributed by atoms with Gasteiger partial charge in [0.1, 0.15) is 5.76 Å². The number of thiophene rings is 1. The topological polar surface area (TPSA) is 63.3 Å². The summed E-state index contributed by atoms with van der Waals surface area (Å²) >= 11 is 3.16. The van der Waals surface area contributed by atoms with E-state index in [4.69, 9.17) is 14.5 Å². The van der Waals surface area contributed by atoms with Gasteiger partial charge in [0.25, 0.3) is 0 Å². The van der Waals surface area contributed by atoms with Crippen LogP contribution < -0.4 is 0 Å². The number of thioether (sulfide) groups is 1. The molecular weight excluding hydrogens is 390 g/mol. The van der Waals surface area contributed by atoms with E-state index in [1.54, 1.807) is 11.3 Å². The Morgan fingerprint density at radius 1 is 1.32 bits per heavy atom. The maximum Gasteiger partial charge on any atom is 0.313 e. The van der Waals surface area contributed by atoms with Crippen LogP contribution in [-0.4, -0.2) is 27.6 Å². The molecule has 0 radical (unpaired) electrons. The molecule has 28 heavy (non-hydrogen) atoms. The molecule has 0 unspecified atom stereocenters. The van der Waals surface area contributed by atoms with Gasteiger partial charge in [-0.05, 0) is 38.0 Å². The molecular formula is C22H31NO3S2. The van der Waals surface area contributed by atoms with Gasteiger partial charge < -0.3 is 9.52 Å². The highest BCUT2D eigenvalue weighted by molar-refractivity contribution is 8.00. The van der Waals surface area contributed by atoms with Crippen molar-refractivity contribution < 1.29 is 14.3 Å². The number of aromatic nitrogens is 1. The monoisotopic (exact) mass is 421 g/mol. The van der Waals surface area contributed by atoms with Crippen LogP contribution in [0.25, 0.3) is 6.08 Å². The van der Waals surface area contributed by atoms with E-state index < -0.39 is 5.97 Å². The summed E-state index contributed by atoms with van der Waals surface area (Å²) in [6.07, 6.45) is 11.2. The molecule has 1 fully saturated rings. The quantitative estimate of drug-likeness (QED) is 0.490. The number of aliphatic carboxylic acids is 1. The first-order chi connectivity index (χ1) is 13.6. The molecule has 0 aromatic carbocycles. The van der Waals surface area contributed by atoms with E-state index >= 15 is 0 Å². The molecule has 1 aliphatic carbocycles. The van der Waals surface area contributed by atoms with Gasteiger partial charge in [-0.1, -0.05) is 39.2 Å². The van der Waals surface area contributed by atoms with Gasteiger partial charge in [-0.25, -0.2) is 4.98 Å². The lowest BCUT2D eigenvalue weighted by molar-refractivity contribution is -0.133. The number of carboxylic acid groups (broad SMARTS) is 1. The Hall–Kier alpha value is -1.53. The Balaban J connectivity index is 0.00000136. The minimum atomic E-state index is -0.766. The van der Waals surface area contributed by atoms with Crippen LogP contribution in [0.15, 0.2) is 22.6 Å². The first-order valence-electron chi connectivity index (χ1n) is 10.1. The lowest BCUT2D eigenvalue weighted by Gasteiger charge is -2.17. The number of carboxylic acids is 1. The van der Waals surface area contributed by atoms with Crippen LogP contribution in [0.5, 0.6) is 0 Å². The number of nitrogens with zero attached hydrogens (tertiary/aromatic N) is 1. The maximum atomic E-state index is 10.5. The van der Waals surface area contributed by atoms with E-state index in [0.29, 0.717) is 11.7 Å². The molecule has 0 atom stereocenters. The SMILES string of the molecule is CC.Cc1oc(C2CCCCC2)nc1Cc1ccc(/C=C/CSCC(=O)O)s1. The number of aryl methyl sites for hydroxylation is 1. The van der Waals surface area contributed by atoms with E-state index in [-0.39, 0.29) is 5.75 Å². The summed E-state index contributed by atoms with van der Waals surface area (Å²) < 4.78 is 5.97. The summed E-state index contributed by atoms with van der Waals surface area (Å²) in [5.74, 6) is 2.48. The van der Waals surface area contributed by atoms with Gasteiger partial charge in [-0.2, -0.15) is 0 Å². The van der Waals surface area contributed by atoms with Crippen LogP contribution in [0, 0.1) is 6.92 Å². The van der Waals surface area contributed by atoms with Crippen LogP contribution in [0.3, 0.4) is 0 Å². The molecule has 154 valence electrons.